The highest BCUT2D eigenvalue weighted by Crippen LogP contribution is 2.29. The molecule has 3 N–H and O–H groups in total. The molecule has 24 heavy (non-hydrogen) atoms. The van der Waals surface area contributed by atoms with Crippen molar-refractivity contribution in [1.82, 2.24) is 9.97 Å². The summed E-state index contributed by atoms with van der Waals surface area (Å²) in [5.41, 5.74) is 6.34. The zero-order valence-electron chi connectivity index (χ0n) is 13.1. The van der Waals surface area contributed by atoms with Crippen LogP contribution >= 0.6 is 11.8 Å². The molecule has 0 aliphatic rings. The Labute approximate surface area is 143 Å². The van der Waals surface area contributed by atoms with Crippen molar-refractivity contribution in [1.29, 1.82) is 5.26 Å². The Morgan fingerprint density at radius 2 is 2.21 bits per heavy atom. The van der Waals surface area contributed by atoms with E-state index in [1.165, 1.54) is 13.3 Å². The van der Waals surface area contributed by atoms with E-state index in [1.54, 1.807) is 25.3 Å². The molecule has 0 unspecified atom stereocenters. The van der Waals surface area contributed by atoms with E-state index < -0.39 is 0 Å². The van der Waals surface area contributed by atoms with Crippen LogP contribution in [0.1, 0.15) is 5.56 Å². The number of anilines is 2. The second kappa shape index (κ2) is 8.03. The summed E-state index contributed by atoms with van der Waals surface area (Å²) in [7, 11) is 3.06. The lowest BCUT2D eigenvalue weighted by Gasteiger charge is -2.11. The number of nitriles is 1. The minimum absolute atomic E-state index is 0.0839. The third-order valence-electron chi connectivity index (χ3n) is 2.93. The van der Waals surface area contributed by atoms with Crippen LogP contribution < -0.4 is 20.5 Å². The number of nitrogens with two attached hydrogens (primary N) is 1. The molecule has 0 bridgehead atoms. The second-order valence-electron chi connectivity index (χ2n) is 4.47. The summed E-state index contributed by atoms with van der Waals surface area (Å²) in [4.78, 5) is 20.0. The molecule has 0 aliphatic heterocycles. The van der Waals surface area contributed by atoms with Gasteiger partial charge in [0.25, 0.3) is 0 Å². The number of nitrogens with zero attached hydrogens (tertiary/aromatic N) is 3. The zero-order valence-corrected chi connectivity index (χ0v) is 13.9. The molecular weight excluding hydrogens is 330 g/mol. The quantitative estimate of drug-likeness (QED) is 0.599. The first-order valence-electron chi connectivity index (χ1n) is 6.74. The highest BCUT2D eigenvalue weighted by atomic mass is 32.2. The van der Waals surface area contributed by atoms with Gasteiger partial charge in [-0.3, -0.25) is 4.79 Å². The van der Waals surface area contributed by atoms with E-state index >= 15 is 0 Å². The molecule has 2 aromatic rings. The van der Waals surface area contributed by atoms with E-state index in [1.807, 2.05) is 6.07 Å². The minimum atomic E-state index is -0.255. The van der Waals surface area contributed by atoms with Gasteiger partial charge in [-0.15, -0.1) is 0 Å². The third kappa shape index (κ3) is 4.27. The molecule has 8 nitrogen and oxygen atoms in total. The summed E-state index contributed by atoms with van der Waals surface area (Å²) >= 11 is 1.11. The molecule has 0 saturated carbocycles. The molecule has 0 radical (unpaired) electrons. The Balaban J connectivity index is 1.99. The molecule has 2 rings (SSSR count). The fourth-order valence-corrected chi connectivity index (χ4v) is 2.37. The van der Waals surface area contributed by atoms with E-state index in [0.29, 0.717) is 22.3 Å². The molecule has 0 saturated heterocycles. The summed E-state index contributed by atoms with van der Waals surface area (Å²) in [6.07, 6.45) is 1.33. The van der Waals surface area contributed by atoms with Crippen molar-refractivity contribution in [2.45, 2.75) is 5.16 Å². The molecule has 124 valence electrons. The Bertz CT molecular complexity index is 791. The van der Waals surface area contributed by atoms with Crippen LogP contribution in [-0.4, -0.2) is 35.8 Å². The average Bonchev–Trinajstić information content (AvgIpc) is 2.60. The summed E-state index contributed by atoms with van der Waals surface area (Å²) < 4.78 is 10.3. The number of carbonyl (C=O) groups is 1. The number of nitrogen functional groups attached to an aromatic ring is 1. The van der Waals surface area contributed by atoms with Gasteiger partial charge in [-0.1, -0.05) is 11.8 Å². The lowest BCUT2D eigenvalue weighted by atomic mass is 10.2. The largest absolute Gasteiger partial charge is 0.497 e. The SMILES string of the molecule is COc1ccc(NC(=O)CSc2ncc(C#N)c(N)n2)c(OC)c1. The van der Waals surface area contributed by atoms with Gasteiger partial charge >= 0.3 is 0 Å². The van der Waals surface area contributed by atoms with Gasteiger partial charge in [0.05, 0.1) is 31.9 Å². The zero-order chi connectivity index (χ0) is 17.5. The first-order chi connectivity index (χ1) is 11.6. The van der Waals surface area contributed by atoms with Crippen LogP contribution in [-0.2, 0) is 4.79 Å². The fraction of sp³-hybridized carbons (Fsp3) is 0.200. The number of nitrogens with one attached hydrogen (secondary N) is 1. The highest BCUT2D eigenvalue weighted by Gasteiger charge is 2.11. The Morgan fingerprint density at radius 3 is 2.83 bits per heavy atom. The van der Waals surface area contributed by atoms with Crippen LogP contribution in [0.3, 0.4) is 0 Å². The van der Waals surface area contributed by atoms with Gasteiger partial charge in [-0.05, 0) is 12.1 Å². The number of carbonyl (C=O) groups excluding carboxylic acids is 1. The topological polar surface area (TPSA) is 123 Å². The fourth-order valence-electron chi connectivity index (χ4n) is 1.75. The number of benzene rings is 1. The smallest absolute Gasteiger partial charge is 0.234 e. The lowest BCUT2D eigenvalue weighted by Crippen LogP contribution is -2.15. The van der Waals surface area contributed by atoms with Crippen molar-refractivity contribution in [2.24, 2.45) is 0 Å². The highest BCUT2D eigenvalue weighted by molar-refractivity contribution is 7.99. The first kappa shape index (κ1) is 17.4. The summed E-state index contributed by atoms with van der Waals surface area (Å²) in [5.74, 6) is 1.04. The van der Waals surface area contributed by atoms with Crippen LogP contribution in [0.5, 0.6) is 11.5 Å². The van der Waals surface area contributed by atoms with E-state index in [0.717, 1.165) is 11.8 Å². The standard InChI is InChI=1S/C15H15N5O3S/c1-22-10-3-4-11(12(5-10)23-2)19-13(21)8-24-15-18-7-9(6-16)14(17)20-15/h3-5,7H,8H2,1-2H3,(H,19,21)(H2,17,18,20). The maximum Gasteiger partial charge on any atom is 0.234 e. The van der Waals surface area contributed by atoms with Gasteiger partial charge in [0.2, 0.25) is 5.91 Å². The number of thioether (sulfide) groups is 1. The molecule has 1 amide bonds. The number of amides is 1. The van der Waals surface area contributed by atoms with Crippen molar-refractivity contribution in [3.63, 3.8) is 0 Å². The molecule has 0 aliphatic carbocycles. The number of ether oxygens (including phenoxy) is 2. The Kier molecular flexibility index (Phi) is 5.81. The van der Waals surface area contributed by atoms with Crippen LogP contribution in [0, 0.1) is 11.3 Å². The third-order valence-corrected chi connectivity index (χ3v) is 3.79. The summed E-state index contributed by atoms with van der Waals surface area (Å²) in [6, 6.07) is 6.96. The molecule has 0 atom stereocenters. The van der Waals surface area contributed by atoms with Crippen molar-refractivity contribution in [2.75, 3.05) is 31.0 Å². The number of aromatic nitrogens is 2. The van der Waals surface area contributed by atoms with Crippen molar-refractivity contribution in [3.05, 3.63) is 30.0 Å². The number of methoxy groups -OCH3 is 2. The molecule has 0 fully saturated rings. The van der Waals surface area contributed by atoms with E-state index in [-0.39, 0.29) is 23.0 Å². The van der Waals surface area contributed by atoms with Crippen LogP contribution in [0.4, 0.5) is 11.5 Å². The van der Waals surface area contributed by atoms with Gasteiger partial charge in [0.1, 0.15) is 28.9 Å². The molecule has 1 aromatic carbocycles. The van der Waals surface area contributed by atoms with E-state index in [9.17, 15) is 4.79 Å². The Morgan fingerprint density at radius 1 is 1.42 bits per heavy atom. The van der Waals surface area contributed by atoms with Gasteiger partial charge in [0, 0.05) is 6.07 Å². The average molecular weight is 345 g/mol. The summed E-state index contributed by atoms with van der Waals surface area (Å²) in [6.45, 7) is 0. The summed E-state index contributed by atoms with van der Waals surface area (Å²) in [5, 5.41) is 11.8. The van der Waals surface area contributed by atoms with Crippen LogP contribution in [0.15, 0.2) is 29.6 Å². The second-order valence-corrected chi connectivity index (χ2v) is 5.41. The van der Waals surface area contributed by atoms with Crippen molar-refractivity contribution in [3.8, 4) is 17.6 Å². The maximum atomic E-state index is 12.1. The number of hydrogen-bond donors (Lipinski definition) is 2. The normalized spacial score (nSPS) is 9.88. The number of hydrogen-bond acceptors (Lipinski definition) is 8. The maximum absolute atomic E-state index is 12.1. The predicted molar refractivity (Wildman–Crippen MR) is 90.1 cm³/mol. The Hall–Kier alpha value is -2.99. The van der Waals surface area contributed by atoms with E-state index in [4.69, 9.17) is 20.5 Å². The van der Waals surface area contributed by atoms with Gasteiger partial charge in [-0.25, -0.2) is 9.97 Å². The van der Waals surface area contributed by atoms with Gasteiger partial charge in [0.15, 0.2) is 5.16 Å². The van der Waals surface area contributed by atoms with Crippen molar-refractivity contribution >= 4 is 29.2 Å². The van der Waals surface area contributed by atoms with Gasteiger partial charge in [-0.2, -0.15) is 5.26 Å². The molecule has 0 spiro atoms. The minimum Gasteiger partial charge on any atom is -0.497 e. The van der Waals surface area contributed by atoms with Crippen molar-refractivity contribution < 1.29 is 14.3 Å². The number of rotatable bonds is 6. The molecule has 9 heteroatoms. The van der Waals surface area contributed by atoms with Crippen LogP contribution in [0.2, 0.25) is 0 Å². The monoisotopic (exact) mass is 345 g/mol. The molecule has 1 aromatic heterocycles. The molecule has 1 heterocycles. The first-order valence-corrected chi connectivity index (χ1v) is 7.73. The lowest BCUT2D eigenvalue weighted by molar-refractivity contribution is -0.113. The van der Waals surface area contributed by atoms with Gasteiger partial charge < -0.3 is 20.5 Å². The van der Waals surface area contributed by atoms with E-state index in [2.05, 4.69) is 15.3 Å². The van der Waals surface area contributed by atoms with Crippen LogP contribution in [0.25, 0.3) is 0 Å². The molecular formula is C15H15N5O3S. The predicted octanol–water partition coefficient (Wildman–Crippen LogP) is 1.68.